The van der Waals surface area contributed by atoms with Gasteiger partial charge < -0.3 is 10.6 Å². The molecule has 0 aliphatic carbocycles. The van der Waals surface area contributed by atoms with Gasteiger partial charge in [0.2, 0.25) is 11.8 Å². The van der Waals surface area contributed by atoms with Gasteiger partial charge in [0.1, 0.15) is 0 Å². The number of anilines is 2. The van der Waals surface area contributed by atoms with Crippen LogP contribution in [0.25, 0.3) is 0 Å². The number of hydrogen-bond donors (Lipinski definition) is 2. The van der Waals surface area contributed by atoms with Gasteiger partial charge in [0, 0.05) is 34.4 Å². The van der Waals surface area contributed by atoms with Crippen LogP contribution < -0.4 is 10.6 Å². The highest BCUT2D eigenvalue weighted by atomic mass is 35.5. The molecular weight excluding hydrogens is 482 g/mol. The summed E-state index contributed by atoms with van der Waals surface area (Å²) < 4.78 is 0. The minimum Gasteiger partial charge on any atom is -0.325 e. The zero-order valence-electron chi connectivity index (χ0n) is 14.4. The first kappa shape index (κ1) is 23.5. The van der Waals surface area contributed by atoms with E-state index in [1.165, 1.54) is 21.6 Å². The molecule has 0 bridgehead atoms. The molecule has 2 aromatic carbocycles. The molecule has 150 valence electrons. The van der Waals surface area contributed by atoms with Crippen LogP contribution in [0.15, 0.2) is 36.4 Å². The first-order valence-corrected chi connectivity index (χ1v) is 12.1. The summed E-state index contributed by atoms with van der Waals surface area (Å²) in [4.78, 5) is 23.9. The largest absolute Gasteiger partial charge is 0.325 e. The molecule has 0 saturated heterocycles. The number of carbonyl (C=O) groups is 2. The first-order valence-electron chi connectivity index (χ1n) is 8.09. The van der Waals surface area contributed by atoms with Gasteiger partial charge in [0.25, 0.3) is 0 Å². The molecule has 0 radical (unpaired) electrons. The van der Waals surface area contributed by atoms with Crippen molar-refractivity contribution >= 4 is 91.2 Å². The summed E-state index contributed by atoms with van der Waals surface area (Å²) in [5.41, 5.74) is 0.987. The van der Waals surface area contributed by atoms with Crippen molar-refractivity contribution in [2.45, 2.75) is 12.8 Å². The SMILES string of the molecule is O=C(CCSSCCC(=O)Nc1cc(Cl)ccc1Cl)Nc1cc(Cl)ccc1Cl. The van der Waals surface area contributed by atoms with E-state index in [0.717, 1.165) is 0 Å². The molecule has 0 heterocycles. The van der Waals surface area contributed by atoms with Gasteiger partial charge in [-0.1, -0.05) is 68.0 Å². The molecule has 2 N–H and O–H groups in total. The molecule has 0 saturated carbocycles. The van der Waals surface area contributed by atoms with Gasteiger partial charge in [-0.15, -0.1) is 0 Å². The van der Waals surface area contributed by atoms with Crippen molar-refractivity contribution in [2.24, 2.45) is 0 Å². The zero-order chi connectivity index (χ0) is 20.5. The molecule has 0 aliphatic heterocycles. The van der Waals surface area contributed by atoms with Crippen molar-refractivity contribution in [1.82, 2.24) is 0 Å². The maximum atomic E-state index is 12.0. The van der Waals surface area contributed by atoms with Crippen LogP contribution in [0.4, 0.5) is 11.4 Å². The van der Waals surface area contributed by atoms with Crippen LogP contribution in [0.5, 0.6) is 0 Å². The summed E-state index contributed by atoms with van der Waals surface area (Å²) in [6.45, 7) is 0. The van der Waals surface area contributed by atoms with Crippen molar-refractivity contribution in [3.8, 4) is 0 Å². The van der Waals surface area contributed by atoms with Crippen molar-refractivity contribution in [3.63, 3.8) is 0 Å². The Morgan fingerprint density at radius 3 is 1.50 bits per heavy atom. The van der Waals surface area contributed by atoms with Gasteiger partial charge in [-0.2, -0.15) is 0 Å². The number of carbonyl (C=O) groups excluding carboxylic acids is 2. The van der Waals surface area contributed by atoms with Crippen molar-refractivity contribution in [3.05, 3.63) is 56.5 Å². The number of hydrogen-bond acceptors (Lipinski definition) is 4. The highest BCUT2D eigenvalue weighted by Gasteiger charge is 2.09. The zero-order valence-corrected chi connectivity index (χ0v) is 19.1. The fourth-order valence-corrected chi connectivity index (χ4v) is 4.65. The molecule has 0 aromatic heterocycles. The maximum absolute atomic E-state index is 12.0. The summed E-state index contributed by atoms with van der Waals surface area (Å²) in [6.07, 6.45) is 0.648. The van der Waals surface area contributed by atoms with E-state index < -0.39 is 0 Å². The van der Waals surface area contributed by atoms with Gasteiger partial charge in [0.15, 0.2) is 0 Å². The van der Waals surface area contributed by atoms with E-state index in [1.54, 1.807) is 36.4 Å². The van der Waals surface area contributed by atoms with Crippen LogP contribution in [-0.4, -0.2) is 23.3 Å². The standard InChI is InChI=1S/C18H16Cl4N2O2S2/c19-11-1-3-13(21)15(9-11)23-17(25)5-7-27-28-8-6-18(26)24-16-10-12(20)2-4-14(16)22/h1-4,9-10H,5-8H2,(H,23,25)(H,24,26). The van der Waals surface area contributed by atoms with Crippen molar-refractivity contribution < 1.29 is 9.59 Å². The third-order valence-corrected chi connectivity index (χ3v) is 6.85. The Bertz CT molecular complexity index is 783. The van der Waals surface area contributed by atoms with E-state index >= 15 is 0 Å². The van der Waals surface area contributed by atoms with Gasteiger partial charge in [-0.25, -0.2) is 0 Å². The lowest BCUT2D eigenvalue weighted by Crippen LogP contribution is -2.13. The number of halogens is 4. The van der Waals surface area contributed by atoms with Gasteiger partial charge in [-0.05, 0) is 36.4 Å². The lowest BCUT2D eigenvalue weighted by Gasteiger charge is -2.08. The predicted octanol–water partition coefficient (Wildman–Crippen LogP) is 7.04. The quantitative estimate of drug-likeness (QED) is 0.288. The molecule has 4 nitrogen and oxygen atoms in total. The van der Waals surface area contributed by atoms with Gasteiger partial charge in [-0.3, -0.25) is 9.59 Å². The second-order valence-electron chi connectivity index (χ2n) is 5.49. The normalized spacial score (nSPS) is 10.6. The molecule has 0 aliphatic rings. The van der Waals surface area contributed by atoms with E-state index in [0.29, 0.717) is 55.8 Å². The fraction of sp³-hybridized carbons (Fsp3) is 0.222. The molecule has 28 heavy (non-hydrogen) atoms. The second kappa shape index (κ2) is 12.1. The molecule has 2 amide bonds. The summed E-state index contributed by atoms with van der Waals surface area (Å²) in [5, 5.41) is 7.34. The third-order valence-electron chi connectivity index (χ3n) is 3.31. The highest BCUT2D eigenvalue weighted by Crippen LogP contribution is 2.28. The molecule has 0 unspecified atom stereocenters. The van der Waals surface area contributed by atoms with Crippen molar-refractivity contribution in [1.29, 1.82) is 0 Å². The first-order chi connectivity index (χ1) is 13.3. The average molecular weight is 498 g/mol. The topological polar surface area (TPSA) is 58.2 Å². The average Bonchev–Trinajstić information content (AvgIpc) is 2.64. The van der Waals surface area contributed by atoms with E-state index in [9.17, 15) is 9.59 Å². The van der Waals surface area contributed by atoms with Crippen LogP contribution in [-0.2, 0) is 9.59 Å². The minimum atomic E-state index is -0.148. The third kappa shape index (κ3) is 8.31. The molecule has 0 spiro atoms. The molecule has 2 aromatic rings. The smallest absolute Gasteiger partial charge is 0.225 e. The lowest BCUT2D eigenvalue weighted by molar-refractivity contribution is -0.116. The van der Waals surface area contributed by atoms with E-state index in [2.05, 4.69) is 10.6 Å². The van der Waals surface area contributed by atoms with Crippen LogP contribution in [0.1, 0.15) is 12.8 Å². The Morgan fingerprint density at radius 2 is 1.11 bits per heavy atom. The maximum Gasteiger partial charge on any atom is 0.225 e. The highest BCUT2D eigenvalue weighted by molar-refractivity contribution is 8.76. The Labute approximate surface area is 191 Å². The van der Waals surface area contributed by atoms with E-state index in [-0.39, 0.29) is 11.8 Å². The molecule has 0 atom stereocenters. The fourth-order valence-electron chi connectivity index (χ4n) is 2.00. The lowest BCUT2D eigenvalue weighted by atomic mass is 10.3. The van der Waals surface area contributed by atoms with E-state index in [1.807, 2.05) is 0 Å². The second-order valence-corrected chi connectivity index (χ2v) is 9.88. The summed E-state index contributed by atoms with van der Waals surface area (Å²) in [5.74, 6) is 0.920. The molecule has 0 fully saturated rings. The Kier molecular flexibility index (Phi) is 10.1. The number of amides is 2. The minimum absolute atomic E-state index is 0.148. The number of rotatable bonds is 9. The Morgan fingerprint density at radius 1 is 0.714 bits per heavy atom. The van der Waals surface area contributed by atoms with Gasteiger partial charge >= 0.3 is 0 Å². The van der Waals surface area contributed by atoms with Crippen LogP contribution >= 0.6 is 68.0 Å². The summed E-state index contributed by atoms with van der Waals surface area (Å²) in [7, 11) is 3.05. The monoisotopic (exact) mass is 496 g/mol. The molecule has 10 heteroatoms. The van der Waals surface area contributed by atoms with Crippen molar-refractivity contribution in [2.75, 3.05) is 22.1 Å². The van der Waals surface area contributed by atoms with Gasteiger partial charge in [0.05, 0.1) is 21.4 Å². The van der Waals surface area contributed by atoms with Crippen LogP contribution in [0.2, 0.25) is 20.1 Å². The molecular formula is C18H16Cl4N2O2S2. The Balaban J connectivity index is 1.61. The number of benzene rings is 2. The summed E-state index contributed by atoms with van der Waals surface area (Å²) >= 11 is 23.8. The van der Waals surface area contributed by atoms with Crippen LogP contribution in [0, 0.1) is 0 Å². The number of nitrogens with one attached hydrogen (secondary N) is 2. The van der Waals surface area contributed by atoms with E-state index in [4.69, 9.17) is 46.4 Å². The van der Waals surface area contributed by atoms with Crippen LogP contribution in [0.3, 0.4) is 0 Å². The Hall–Kier alpha value is -0.760. The predicted molar refractivity (Wildman–Crippen MR) is 124 cm³/mol. The summed E-state index contributed by atoms with van der Waals surface area (Å²) in [6, 6.07) is 9.78. The molecule has 2 rings (SSSR count).